The Morgan fingerprint density at radius 3 is 2.65 bits per heavy atom. The number of nitrogens with two attached hydrogens (primary N) is 1. The number of hydrogen-bond acceptors (Lipinski definition) is 3. The van der Waals surface area contributed by atoms with Gasteiger partial charge in [-0.1, -0.05) is 12.8 Å². The molecular formula is C15H23N3O2. The summed E-state index contributed by atoms with van der Waals surface area (Å²) in [6.07, 6.45) is 8.56. The van der Waals surface area contributed by atoms with Crippen LogP contribution in [0.3, 0.4) is 0 Å². The lowest BCUT2D eigenvalue weighted by atomic mass is 10.2. The van der Waals surface area contributed by atoms with Crippen molar-refractivity contribution in [1.82, 2.24) is 9.47 Å². The fourth-order valence-electron chi connectivity index (χ4n) is 3.25. The highest BCUT2D eigenvalue weighted by Gasteiger charge is 2.32. The van der Waals surface area contributed by atoms with Crippen molar-refractivity contribution in [2.75, 3.05) is 18.9 Å². The summed E-state index contributed by atoms with van der Waals surface area (Å²) in [6, 6.07) is 2.49. The van der Waals surface area contributed by atoms with E-state index in [0.717, 1.165) is 25.7 Å². The predicted octanol–water partition coefficient (Wildman–Crippen LogP) is 1.78. The second-order valence-corrected chi connectivity index (χ2v) is 5.96. The Labute approximate surface area is 119 Å². The second kappa shape index (κ2) is 5.48. The van der Waals surface area contributed by atoms with Crippen molar-refractivity contribution in [3.63, 3.8) is 0 Å². The van der Waals surface area contributed by atoms with Gasteiger partial charge in [0, 0.05) is 24.8 Å². The van der Waals surface area contributed by atoms with Crippen molar-refractivity contribution in [2.24, 2.45) is 0 Å². The Balaban J connectivity index is 1.84. The summed E-state index contributed by atoms with van der Waals surface area (Å²) >= 11 is 0. The molecule has 1 aromatic heterocycles. The first-order chi connectivity index (χ1) is 9.70. The molecule has 1 amide bonds. The number of aliphatic hydroxyl groups is 1. The van der Waals surface area contributed by atoms with Crippen LogP contribution >= 0.6 is 0 Å². The fraction of sp³-hybridized carbons (Fsp3) is 0.667. The molecule has 0 bridgehead atoms. The third-order valence-corrected chi connectivity index (χ3v) is 4.40. The van der Waals surface area contributed by atoms with Gasteiger partial charge in [0.15, 0.2) is 0 Å². The minimum atomic E-state index is 0.0157. The Morgan fingerprint density at radius 2 is 2.05 bits per heavy atom. The van der Waals surface area contributed by atoms with Crippen molar-refractivity contribution in [1.29, 1.82) is 0 Å². The van der Waals surface area contributed by atoms with Gasteiger partial charge >= 0.3 is 0 Å². The number of amides is 1. The summed E-state index contributed by atoms with van der Waals surface area (Å²) in [5.41, 5.74) is 7.20. The summed E-state index contributed by atoms with van der Waals surface area (Å²) in [7, 11) is 0. The Bertz CT molecular complexity index is 487. The first kappa shape index (κ1) is 13.5. The molecule has 0 radical (unpaired) electrons. The summed E-state index contributed by atoms with van der Waals surface area (Å²) in [5, 5.41) is 9.26. The lowest BCUT2D eigenvalue weighted by Crippen LogP contribution is -2.41. The molecule has 2 aliphatic rings. The van der Waals surface area contributed by atoms with E-state index >= 15 is 0 Å². The van der Waals surface area contributed by atoms with Crippen molar-refractivity contribution in [2.45, 2.75) is 50.6 Å². The van der Waals surface area contributed by atoms with E-state index in [0.29, 0.717) is 24.0 Å². The highest BCUT2D eigenvalue weighted by atomic mass is 16.3. The standard InChI is InChI=1S/C15H23N3O2/c16-11-9-14(18(10-11)13-5-6-13)15(20)17(7-8-19)12-3-1-2-4-12/h9-10,12-13,19H,1-8,16H2. The van der Waals surface area contributed by atoms with Crippen LogP contribution in [0.15, 0.2) is 12.3 Å². The minimum absolute atomic E-state index is 0.0157. The van der Waals surface area contributed by atoms with E-state index in [1.165, 1.54) is 12.8 Å². The van der Waals surface area contributed by atoms with Gasteiger partial charge in [-0.2, -0.15) is 0 Å². The van der Waals surface area contributed by atoms with E-state index in [2.05, 4.69) is 0 Å². The van der Waals surface area contributed by atoms with Crippen LogP contribution in [0.4, 0.5) is 5.69 Å². The van der Waals surface area contributed by atoms with Gasteiger partial charge in [0.1, 0.15) is 5.69 Å². The Kier molecular flexibility index (Phi) is 3.70. The average Bonchev–Trinajstić information content (AvgIpc) is 2.99. The molecule has 1 aromatic rings. The maximum Gasteiger partial charge on any atom is 0.270 e. The predicted molar refractivity (Wildman–Crippen MR) is 77.5 cm³/mol. The minimum Gasteiger partial charge on any atom is -0.397 e. The van der Waals surface area contributed by atoms with Gasteiger partial charge in [-0.15, -0.1) is 0 Å². The number of rotatable bonds is 5. The van der Waals surface area contributed by atoms with Crippen LogP contribution in [-0.4, -0.2) is 39.7 Å². The van der Waals surface area contributed by atoms with E-state index in [-0.39, 0.29) is 18.6 Å². The van der Waals surface area contributed by atoms with E-state index < -0.39 is 0 Å². The molecule has 0 saturated heterocycles. The highest BCUT2D eigenvalue weighted by Crippen LogP contribution is 2.37. The average molecular weight is 277 g/mol. The number of aromatic nitrogens is 1. The van der Waals surface area contributed by atoms with Crippen LogP contribution in [0, 0.1) is 0 Å². The number of carbonyl (C=O) groups is 1. The van der Waals surface area contributed by atoms with Crippen LogP contribution < -0.4 is 5.73 Å². The molecule has 0 atom stereocenters. The van der Waals surface area contributed by atoms with Gasteiger partial charge in [0.05, 0.1) is 12.3 Å². The molecule has 3 rings (SSSR count). The van der Waals surface area contributed by atoms with E-state index in [4.69, 9.17) is 5.73 Å². The largest absolute Gasteiger partial charge is 0.397 e. The molecule has 3 N–H and O–H groups in total. The van der Waals surface area contributed by atoms with Gasteiger partial charge < -0.3 is 20.3 Å². The summed E-state index contributed by atoms with van der Waals surface area (Å²) in [4.78, 5) is 14.7. The van der Waals surface area contributed by atoms with E-state index in [1.807, 2.05) is 15.7 Å². The monoisotopic (exact) mass is 277 g/mol. The van der Waals surface area contributed by atoms with Crippen molar-refractivity contribution >= 4 is 11.6 Å². The van der Waals surface area contributed by atoms with Crippen molar-refractivity contribution in [3.8, 4) is 0 Å². The molecule has 0 spiro atoms. The maximum atomic E-state index is 12.8. The molecular weight excluding hydrogens is 254 g/mol. The van der Waals surface area contributed by atoms with Crippen LogP contribution in [-0.2, 0) is 0 Å². The normalized spacial score (nSPS) is 19.4. The van der Waals surface area contributed by atoms with Crippen LogP contribution in [0.5, 0.6) is 0 Å². The number of nitrogen functional groups attached to an aromatic ring is 1. The van der Waals surface area contributed by atoms with Gasteiger partial charge in [-0.25, -0.2) is 0 Å². The van der Waals surface area contributed by atoms with E-state index in [1.54, 1.807) is 6.07 Å². The van der Waals surface area contributed by atoms with Crippen LogP contribution in [0.25, 0.3) is 0 Å². The first-order valence-corrected chi connectivity index (χ1v) is 7.60. The Morgan fingerprint density at radius 1 is 1.35 bits per heavy atom. The smallest absolute Gasteiger partial charge is 0.270 e. The summed E-state index contributed by atoms with van der Waals surface area (Å²) in [6.45, 7) is 0.432. The number of aliphatic hydroxyl groups excluding tert-OH is 1. The topological polar surface area (TPSA) is 71.5 Å². The van der Waals surface area contributed by atoms with E-state index in [9.17, 15) is 9.90 Å². The molecule has 20 heavy (non-hydrogen) atoms. The van der Waals surface area contributed by atoms with Crippen molar-refractivity contribution < 1.29 is 9.90 Å². The van der Waals surface area contributed by atoms with Crippen LogP contribution in [0.1, 0.15) is 55.1 Å². The van der Waals surface area contributed by atoms with Gasteiger partial charge in [-0.05, 0) is 31.7 Å². The molecule has 5 nitrogen and oxygen atoms in total. The number of anilines is 1. The molecule has 110 valence electrons. The van der Waals surface area contributed by atoms with Crippen LogP contribution in [0.2, 0.25) is 0 Å². The molecule has 0 aromatic carbocycles. The molecule has 0 aliphatic heterocycles. The van der Waals surface area contributed by atoms with Gasteiger partial charge in [0.25, 0.3) is 5.91 Å². The lowest BCUT2D eigenvalue weighted by molar-refractivity contribution is 0.0627. The molecule has 5 heteroatoms. The molecule has 0 unspecified atom stereocenters. The number of hydrogen-bond donors (Lipinski definition) is 2. The second-order valence-electron chi connectivity index (χ2n) is 5.96. The zero-order valence-electron chi connectivity index (χ0n) is 11.8. The lowest BCUT2D eigenvalue weighted by Gasteiger charge is -2.28. The quantitative estimate of drug-likeness (QED) is 0.862. The first-order valence-electron chi connectivity index (χ1n) is 7.60. The zero-order valence-corrected chi connectivity index (χ0v) is 11.8. The SMILES string of the molecule is Nc1cc(C(=O)N(CCO)C2CCCC2)n(C2CC2)c1. The van der Waals surface area contributed by atoms with Gasteiger partial charge in [0.2, 0.25) is 0 Å². The number of nitrogens with zero attached hydrogens (tertiary/aromatic N) is 2. The molecule has 2 saturated carbocycles. The third-order valence-electron chi connectivity index (χ3n) is 4.40. The third kappa shape index (κ3) is 2.54. The van der Waals surface area contributed by atoms with Crippen molar-refractivity contribution in [3.05, 3.63) is 18.0 Å². The summed E-state index contributed by atoms with van der Waals surface area (Å²) in [5.74, 6) is 0.0227. The summed E-state index contributed by atoms with van der Waals surface area (Å²) < 4.78 is 2.02. The highest BCUT2D eigenvalue weighted by molar-refractivity contribution is 5.94. The maximum absolute atomic E-state index is 12.8. The molecule has 1 heterocycles. The zero-order chi connectivity index (χ0) is 14.1. The molecule has 2 aliphatic carbocycles. The fourth-order valence-corrected chi connectivity index (χ4v) is 3.25. The molecule has 2 fully saturated rings. The number of carbonyl (C=O) groups excluding carboxylic acids is 1. The van der Waals surface area contributed by atoms with Gasteiger partial charge in [-0.3, -0.25) is 4.79 Å². The Hall–Kier alpha value is -1.49.